The second kappa shape index (κ2) is 8.43. The quantitative estimate of drug-likeness (QED) is 0.714. The highest BCUT2D eigenvalue weighted by atomic mass is 19.2. The van der Waals surface area contributed by atoms with Crippen LogP contribution in [0.15, 0.2) is 35.0 Å². The summed E-state index contributed by atoms with van der Waals surface area (Å²) in [5.74, 6) is -4.19. The van der Waals surface area contributed by atoms with E-state index in [-0.39, 0.29) is 11.4 Å². The van der Waals surface area contributed by atoms with Gasteiger partial charge >= 0.3 is 11.9 Å². The predicted molar refractivity (Wildman–Crippen MR) is 90.2 cm³/mol. The number of nitrogens with one attached hydrogen (secondary N) is 1. The van der Waals surface area contributed by atoms with Gasteiger partial charge in [0.2, 0.25) is 0 Å². The molecule has 26 heavy (non-hydrogen) atoms. The number of halogens is 2. The molecule has 2 heterocycles. The molecule has 1 aliphatic heterocycles. The van der Waals surface area contributed by atoms with E-state index in [4.69, 9.17) is 14.6 Å². The maximum atomic E-state index is 13.6. The molecule has 1 aromatic heterocycles. The third-order valence-electron chi connectivity index (χ3n) is 3.79. The standard InChI is InChI=1S/C13H14F2N2O.C4H4O4/c1-8-7-16-3-4-17(8)11-6-10(14)12(15)9-2-5-18-13(9)11;5-3(6)1-2-4(7)8/h2,5-6,8,16H,3-4,7H2,1H3;1-2H,(H,5,6)(H,7,8)/b;2-1+/t8-;/m0./s1. The maximum Gasteiger partial charge on any atom is 0.328 e. The zero-order valence-corrected chi connectivity index (χ0v) is 13.9. The number of carboxylic acids is 2. The largest absolute Gasteiger partial charge is 0.478 e. The lowest BCUT2D eigenvalue weighted by Gasteiger charge is -2.35. The molecule has 0 saturated carbocycles. The number of anilines is 1. The van der Waals surface area contributed by atoms with Crippen LogP contribution in [0.4, 0.5) is 14.5 Å². The van der Waals surface area contributed by atoms with Crippen molar-refractivity contribution < 1.29 is 33.0 Å². The molecule has 140 valence electrons. The number of hydrogen-bond acceptors (Lipinski definition) is 5. The van der Waals surface area contributed by atoms with E-state index >= 15 is 0 Å². The van der Waals surface area contributed by atoms with E-state index in [1.807, 2.05) is 11.8 Å². The lowest BCUT2D eigenvalue weighted by Crippen LogP contribution is -2.50. The van der Waals surface area contributed by atoms with E-state index in [0.29, 0.717) is 23.4 Å². The zero-order chi connectivity index (χ0) is 19.3. The minimum Gasteiger partial charge on any atom is -0.478 e. The summed E-state index contributed by atoms with van der Waals surface area (Å²) in [6, 6.07) is 2.91. The molecule has 3 N–H and O–H groups in total. The normalized spacial score (nSPS) is 17.2. The van der Waals surface area contributed by atoms with Gasteiger partial charge in [-0.2, -0.15) is 0 Å². The van der Waals surface area contributed by atoms with Gasteiger partial charge in [-0.25, -0.2) is 18.4 Å². The van der Waals surface area contributed by atoms with Crippen LogP contribution in [0.5, 0.6) is 0 Å². The summed E-state index contributed by atoms with van der Waals surface area (Å²) in [5.41, 5.74) is 1.05. The van der Waals surface area contributed by atoms with Crippen LogP contribution in [0.3, 0.4) is 0 Å². The average Bonchev–Trinajstić information content (AvgIpc) is 3.08. The second-order valence-electron chi connectivity index (χ2n) is 5.61. The van der Waals surface area contributed by atoms with Gasteiger partial charge in [0.1, 0.15) is 0 Å². The Balaban J connectivity index is 0.000000260. The fourth-order valence-electron chi connectivity index (χ4n) is 2.61. The van der Waals surface area contributed by atoms with Gasteiger partial charge in [-0.1, -0.05) is 0 Å². The van der Waals surface area contributed by atoms with Gasteiger partial charge < -0.3 is 24.8 Å². The molecule has 1 saturated heterocycles. The minimum absolute atomic E-state index is 0.204. The molecule has 0 bridgehead atoms. The SMILES string of the molecule is C[C@H]1CNCCN1c1cc(F)c(F)c2ccoc12.O=C(O)/C=C/C(=O)O. The van der Waals surface area contributed by atoms with Crippen molar-refractivity contribution in [3.05, 3.63) is 42.2 Å². The van der Waals surface area contributed by atoms with Crippen LogP contribution in [0.1, 0.15) is 6.92 Å². The summed E-state index contributed by atoms with van der Waals surface area (Å²) < 4.78 is 32.5. The molecule has 0 amide bonds. The summed E-state index contributed by atoms with van der Waals surface area (Å²) >= 11 is 0. The highest BCUT2D eigenvalue weighted by molar-refractivity contribution is 5.90. The number of aliphatic carboxylic acids is 2. The van der Waals surface area contributed by atoms with E-state index in [0.717, 1.165) is 19.6 Å². The first-order chi connectivity index (χ1) is 12.3. The Labute approximate surface area is 147 Å². The first-order valence-corrected chi connectivity index (χ1v) is 7.77. The number of benzene rings is 1. The Bertz CT molecular complexity index is 818. The second-order valence-corrected chi connectivity index (χ2v) is 5.61. The molecule has 0 spiro atoms. The van der Waals surface area contributed by atoms with E-state index in [2.05, 4.69) is 5.32 Å². The van der Waals surface area contributed by atoms with Crippen molar-refractivity contribution in [1.82, 2.24) is 5.32 Å². The Hall–Kier alpha value is -2.94. The number of furan rings is 1. The fourth-order valence-corrected chi connectivity index (χ4v) is 2.61. The van der Waals surface area contributed by atoms with E-state index < -0.39 is 23.6 Å². The summed E-state index contributed by atoms with van der Waals surface area (Å²) in [6.45, 7) is 4.44. The molecular weight excluding hydrogens is 350 g/mol. The minimum atomic E-state index is -1.26. The third kappa shape index (κ3) is 4.57. The van der Waals surface area contributed by atoms with Crippen LogP contribution >= 0.6 is 0 Å². The van der Waals surface area contributed by atoms with Crippen molar-refractivity contribution in [3.8, 4) is 0 Å². The molecule has 1 atom stereocenters. The molecule has 1 aromatic carbocycles. The Morgan fingerprint density at radius 3 is 2.54 bits per heavy atom. The van der Waals surface area contributed by atoms with Crippen LogP contribution in [0.25, 0.3) is 11.0 Å². The van der Waals surface area contributed by atoms with Gasteiger partial charge in [0.05, 0.1) is 17.3 Å². The number of hydrogen-bond donors (Lipinski definition) is 3. The van der Waals surface area contributed by atoms with Crippen LogP contribution in [-0.2, 0) is 9.59 Å². The first kappa shape index (κ1) is 19.4. The number of carbonyl (C=O) groups is 2. The van der Waals surface area contributed by atoms with Crippen molar-refractivity contribution in [3.63, 3.8) is 0 Å². The monoisotopic (exact) mass is 368 g/mol. The predicted octanol–water partition coefficient (Wildman–Crippen LogP) is 2.22. The Kier molecular flexibility index (Phi) is 6.29. The highest BCUT2D eigenvalue weighted by Gasteiger charge is 2.24. The van der Waals surface area contributed by atoms with Crippen LogP contribution in [-0.4, -0.2) is 47.8 Å². The van der Waals surface area contributed by atoms with Gasteiger partial charge in [-0.3, -0.25) is 0 Å². The van der Waals surface area contributed by atoms with Gasteiger partial charge in [0.15, 0.2) is 17.2 Å². The highest BCUT2D eigenvalue weighted by Crippen LogP contribution is 2.33. The van der Waals surface area contributed by atoms with Crippen molar-refractivity contribution in [2.75, 3.05) is 24.5 Å². The first-order valence-electron chi connectivity index (χ1n) is 7.77. The smallest absolute Gasteiger partial charge is 0.328 e. The molecular formula is C17H18F2N2O5. The number of rotatable bonds is 3. The molecule has 0 unspecified atom stereocenters. The molecule has 7 nitrogen and oxygen atoms in total. The van der Waals surface area contributed by atoms with E-state index in [1.165, 1.54) is 18.4 Å². The summed E-state index contributed by atoms with van der Waals surface area (Å²) in [5, 5.41) is 19.1. The van der Waals surface area contributed by atoms with Crippen molar-refractivity contribution in [2.45, 2.75) is 13.0 Å². The molecule has 3 rings (SSSR count). The summed E-state index contributed by atoms with van der Waals surface area (Å²) in [6.07, 6.45) is 2.51. The zero-order valence-electron chi connectivity index (χ0n) is 13.9. The third-order valence-corrected chi connectivity index (χ3v) is 3.79. The van der Waals surface area contributed by atoms with Crippen LogP contribution < -0.4 is 10.2 Å². The van der Waals surface area contributed by atoms with Crippen molar-refractivity contribution in [1.29, 1.82) is 0 Å². The lowest BCUT2D eigenvalue weighted by atomic mass is 10.1. The maximum absolute atomic E-state index is 13.6. The van der Waals surface area contributed by atoms with Crippen molar-refractivity contribution >= 4 is 28.6 Å². The van der Waals surface area contributed by atoms with E-state index in [1.54, 1.807) is 0 Å². The molecule has 1 fully saturated rings. The number of nitrogens with zero attached hydrogens (tertiary/aromatic N) is 1. The number of fused-ring (bicyclic) bond motifs is 1. The van der Waals surface area contributed by atoms with Gasteiger partial charge in [-0.15, -0.1) is 0 Å². The Morgan fingerprint density at radius 2 is 1.96 bits per heavy atom. The molecule has 0 radical (unpaired) electrons. The van der Waals surface area contributed by atoms with Crippen molar-refractivity contribution in [2.24, 2.45) is 0 Å². The average molecular weight is 368 g/mol. The van der Waals surface area contributed by atoms with E-state index in [9.17, 15) is 18.4 Å². The topological polar surface area (TPSA) is 103 Å². The molecule has 0 aliphatic carbocycles. The van der Waals surface area contributed by atoms with Gasteiger partial charge in [-0.05, 0) is 13.0 Å². The molecule has 1 aliphatic rings. The number of carboxylic acid groups (broad SMARTS) is 2. The molecule has 2 aromatic rings. The van der Waals surface area contributed by atoms with Crippen LogP contribution in [0, 0.1) is 11.6 Å². The molecule has 9 heteroatoms. The van der Waals surface area contributed by atoms with Gasteiger partial charge in [0.25, 0.3) is 0 Å². The lowest BCUT2D eigenvalue weighted by molar-refractivity contribution is -0.134. The summed E-state index contributed by atoms with van der Waals surface area (Å²) in [7, 11) is 0. The summed E-state index contributed by atoms with van der Waals surface area (Å²) in [4.78, 5) is 21.2. The Morgan fingerprint density at radius 1 is 1.31 bits per heavy atom. The van der Waals surface area contributed by atoms with Crippen LogP contribution in [0.2, 0.25) is 0 Å². The fraction of sp³-hybridized carbons (Fsp3) is 0.294. The van der Waals surface area contributed by atoms with Gasteiger partial charge in [0, 0.05) is 43.9 Å². The number of piperazine rings is 1.